The molecule has 1 saturated carbocycles. The van der Waals surface area contributed by atoms with Gasteiger partial charge in [0.2, 0.25) is 10.0 Å². The summed E-state index contributed by atoms with van der Waals surface area (Å²) in [5, 5.41) is 10.4. The third-order valence-corrected chi connectivity index (χ3v) is 7.57. The Morgan fingerprint density at radius 3 is 2.64 bits per heavy atom. The second-order valence-electron chi connectivity index (χ2n) is 8.14. The van der Waals surface area contributed by atoms with Crippen LogP contribution in [0.15, 0.2) is 72.4 Å². The van der Waals surface area contributed by atoms with Crippen LogP contribution in [0.5, 0.6) is 5.75 Å². The predicted molar refractivity (Wildman–Crippen MR) is 124 cm³/mol. The van der Waals surface area contributed by atoms with Crippen LogP contribution in [0.25, 0.3) is 17.2 Å². The van der Waals surface area contributed by atoms with Crippen molar-refractivity contribution >= 4 is 22.0 Å². The van der Waals surface area contributed by atoms with Crippen molar-refractivity contribution in [3.8, 4) is 16.9 Å². The molecule has 0 spiro atoms. The molecule has 1 aliphatic heterocycles. The Bertz CT molecular complexity index is 1350. The average molecular weight is 463 g/mol. The fraction of sp³-hybridized carbons (Fsp3) is 0.200. The molecule has 1 aliphatic carbocycles. The molecule has 0 unspecified atom stereocenters. The van der Waals surface area contributed by atoms with E-state index in [9.17, 15) is 18.3 Å². The standard InChI is InChI=1S/C25H22N2O5S/c28-24-17(13-18-5-3-4-12-26-18)15-32-23-14-16(8-11-22(23)24)20-6-1-2-7-21(20)25(29)27-33(30,31)19-9-10-19/h1-8,11-14,19,24,28H,9-10,15H2,(H,27,29)/b17-13+/t24-/m1/s1. The zero-order chi connectivity index (χ0) is 23.0. The lowest BCUT2D eigenvalue weighted by Gasteiger charge is -2.26. The third kappa shape index (κ3) is 4.40. The van der Waals surface area contributed by atoms with Crippen molar-refractivity contribution < 1.29 is 23.1 Å². The topological polar surface area (TPSA) is 106 Å². The lowest BCUT2D eigenvalue weighted by molar-refractivity contribution is 0.0982. The monoisotopic (exact) mass is 462 g/mol. The first kappa shape index (κ1) is 21.4. The zero-order valence-electron chi connectivity index (χ0n) is 17.6. The highest BCUT2D eigenvalue weighted by molar-refractivity contribution is 7.91. The number of aromatic nitrogens is 1. The summed E-state index contributed by atoms with van der Waals surface area (Å²) in [4.78, 5) is 17.0. The first-order chi connectivity index (χ1) is 15.9. The van der Waals surface area contributed by atoms with Crippen molar-refractivity contribution in [1.29, 1.82) is 0 Å². The van der Waals surface area contributed by atoms with E-state index in [1.807, 2.05) is 24.3 Å². The van der Waals surface area contributed by atoms with Crippen molar-refractivity contribution in [3.05, 3.63) is 89.3 Å². The highest BCUT2D eigenvalue weighted by Gasteiger charge is 2.37. The minimum atomic E-state index is -3.66. The molecule has 0 saturated heterocycles. The van der Waals surface area contributed by atoms with Crippen molar-refractivity contribution in [2.45, 2.75) is 24.2 Å². The summed E-state index contributed by atoms with van der Waals surface area (Å²) in [6.45, 7) is 0.204. The normalized spacial score (nSPS) is 18.9. The van der Waals surface area contributed by atoms with Crippen LogP contribution < -0.4 is 9.46 Å². The van der Waals surface area contributed by atoms with Crippen LogP contribution in [0.3, 0.4) is 0 Å². The van der Waals surface area contributed by atoms with Gasteiger partial charge in [0, 0.05) is 22.9 Å². The van der Waals surface area contributed by atoms with E-state index in [1.165, 1.54) is 0 Å². The van der Waals surface area contributed by atoms with E-state index in [0.29, 0.717) is 40.9 Å². The molecule has 33 heavy (non-hydrogen) atoms. The van der Waals surface area contributed by atoms with Gasteiger partial charge >= 0.3 is 0 Å². The smallest absolute Gasteiger partial charge is 0.265 e. The lowest BCUT2D eigenvalue weighted by Crippen LogP contribution is -2.33. The largest absolute Gasteiger partial charge is 0.489 e. The van der Waals surface area contributed by atoms with E-state index in [-0.39, 0.29) is 12.2 Å². The number of hydrogen-bond acceptors (Lipinski definition) is 6. The summed E-state index contributed by atoms with van der Waals surface area (Å²) in [5.74, 6) is -0.143. The van der Waals surface area contributed by atoms with E-state index in [0.717, 1.165) is 5.69 Å². The minimum Gasteiger partial charge on any atom is -0.489 e. The zero-order valence-corrected chi connectivity index (χ0v) is 18.5. The number of carbonyl (C=O) groups excluding carboxylic acids is 1. The highest BCUT2D eigenvalue weighted by Crippen LogP contribution is 2.39. The fourth-order valence-corrected chi connectivity index (χ4v) is 5.13. The number of hydrogen-bond donors (Lipinski definition) is 2. The highest BCUT2D eigenvalue weighted by atomic mass is 32.2. The van der Waals surface area contributed by atoms with Crippen LogP contribution in [-0.4, -0.2) is 36.3 Å². The van der Waals surface area contributed by atoms with Crippen LogP contribution in [0.2, 0.25) is 0 Å². The minimum absolute atomic E-state index is 0.204. The molecule has 1 fully saturated rings. The second kappa shape index (κ2) is 8.46. The van der Waals surface area contributed by atoms with Crippen LogP contribution in [0.4, 0.5) is 0 Å². The Morgan fingerprint density at radius 2 is 1.88 bits per heavy atom. The maximum Gasteiger partial charge on any atom is 0.265 e. The van der Waals surface area contributed by atoms with Crippen LogP contribution in [-0.2, 0) is 10.0 Å². The molecular weight excluding hydrogens is 440 g/mol. The number of pyridine rings is 1. The number of nitrogens with zero attached hydrogens (tertiary/aromatic N) is 1. The number of fused-ring (bicyclic) bond motifs is 1. The van der Waals surface area contributed by atoms with Crippen molar-refractivity contribution in [1.82, 2.24) is 9.71 Å². The van der Waals surface area contributed by atoms with Gasteiger partial charge in [-0.05, 0) is 54.3 Å². The number of rotatable bonds is 5. The van der Waals surface area contributed by atoms with Gasteiger partial charge in [0.1, 0.15) is 18.5 Å². The van der Waals surface area contributed by atoms with Gasteiger partial charge < -0.3 is 9.84 Å². The van der Waals surface area contributed by atoms with Gasteiger partial charge in [-0.3, -0.25) is 9.78 Å². The summed E-state index contributed by atoms with van der Waals surface area (Å²) in [6, 6.07) is 17.7. The third-order valence-electron chi connectivity index (χ3n) is 5.76. The predicted octanol–water partition coefficient (Wildman–Crippen LogP) is 3.48. The number of carbonyl (C=O) groups is 1. The molecule has 1 atom stereocenters. The van der Waals surface area contributed by atoms with E-state index in [1.54, 1.807) is 48.7 Å². The molecule has 2 N–H and O–H groups in total. The molecule has 3 aromatic rings. The van der Waals surface area contributed by atoms with E-state index in [4.69, 9.17) is 4.74 Å². The van der Waals surface area contributed by atoms with Gasteiger partial charge in [-0.1, -0.05) is 36.4 Å². The quantitative estimate of drug-likeness (QED) is 0.601. The summed E-state index contributed by atoms with van der Waals surface area (Å²) in [5.41, 5.74) is 3.57. The molecule has 2 heterocycles. The SMILES string of the molecule is O=C(NS(=O)(=O)C1CC1)c1ccccc1-c1ccc2c(c1)OC/C(=C\c1ccccn1)[C@H]2O. The number of sulfonamides is 1. The van der Waals surface area contributed by atoms with E-state index < -0.39 is 27.3 Å². The molecule has 0 radical (unpaired) electrons. The Balaban J connectivity index is 1.44. The average Bonchev–Trinajstić information content (AvgIpc) is 3.68. The maximum atomic E-state index is 12.8. The number of nitrogens with one attached hydrogen (secondary N) is 1. The van der Waals surface area contributed by atoms with Gasteiger partial charge in [0.15, 0.2) is 0 Å². The Kier molecular flexibility index (Phi) is 5.47. The number of ether oxygens (including phenoxy) is 1. The van der Waals surface area contributed by atoms with Gasteiger partial charge in [-0.15, -0.1) is 0 Å². The molecule has 7 nitrogen and oxygen atoms in total. The summed E-state index contributed by atoms with van der Waals surface area (Å²) in [6.07, 6.45) is 3.80. The van der Waals surface area contributed by atoms with Crippen LogP contribution in [0.1, 0.15) is 40.6 Å². The summed E-state index contributed by atoms with van der Waals surface area (Å²) < 4.78 is 32.5. The summed E-state index contributed by atoms with van der Waals surface area (Å²) >= 11 is 0. The Hall–Kier alpha value is -3.49. The molecule has 8 heteroatoms. The van der Waals surface area contributed by atoms with Gasteiger partial charge in [0.25, 0.3) is 5.91 Å². The van der Waals surface area contributed by atoms with Gasteiger partial charge in [-0.2, -0.15) is 0 Å². The molecule has 168 valence electrons. The Morgan fingerprint density at radius 1 is 1.09 bits per heavy atom. The van der Waals surface area contributed by atoms with E-state index >= 15 is 0 Å². The molecular formula is C25H22N2O5S. The molecule has 2 aliphatic rings. The van der Waals surface area contributed by atoms with Crippen LogP contribution >= 0.6 is 0 Å². The first-order valence-corrected chi connectivity index (χ1v) is 12.2. The number of benzene rings is 2. The molecule has 2 aromatic carbocycles. The second-order valence-corrected chi connectivity index (χ2v) is 10.1. The molecule has 1 amide bonds. The molecule has 0 bridgehead atoms. The lowest BCUT2D eigenvalue weighted by atomic mass is 9.93. The van der Waals surface area contributed by atoms with Crippen molar-refractivity contribution in [3.63, 3.8) is 0 Å². The number of aliphatic hydroxyl groups excluding tert-OH is 1. The number of amides is 1. The van der Waals surface area contributed by atoms with Crippen molar-refractivity contribution in [2.75, 3.05) is 6.61 Å². The molecule has 1 aromatic heterocycles. The maximum absolute atomic E-state index is 12.8. The van der Waals surface area contributed by atoms with Gasteiger partial charge in [-0.25, -0.2) is 13.1 Å². The van der Waals surface area contributed by atoms with E-state index in [2.05, 4.69) is 9.71 Å². The summed E-state index contributed by atoms with van der Waals surface area (Å²) in [7, 11) is -3.66. The van der Waals surface area contributed by atoms with Crippen molar-refractivity contribution in [2.24, 2.45) is 0 Å². The number of aliphatic hydroxyl groups is 1. The first-order valence-electron chi connectivity index (χ1n) is 10.6. The van der Waals surface area contributed by atoms with Crippen LogP contribution in [0, 0.1) is 0 Å². The molecule has 5 rings (SSSR count). The Labute approximate surface area is 191 Å². The fourth-order valence-electron chi connectivity index (χ4n) is 3.84. The van der Waals surface area contributed by atoms with Gasteiger partial charge in [0.05, 0.1) is 10.9 Å².